The maximum absolute atomic E-state index is 5.71. The average Bonchev–Trinajstić information content (AvgIpc) is 2.21. The van der Waals surface area contributed by atoms with Crippen molar-refractivity contribution in [2.24, 2.45) is 0 Å². The predicted molar refractivity (Wildman–Crippen MR) is 42.2 cm³/mol. The lowest BCUT2D eigenvalue weighted by atomic mass is 10.1. The molecule has 0 spiro atoms. The van der Waals surface area contributed by atoms with Crippen LogP contribution in [0.5, 0.6) is 0 Å². The zero-order valence-electron chi connectivity index (χ0n) is 7.04. The molecule has 0 radical (unpaired) electrons. The van der Waals surface area contributed by atoms with Crippen LogP contribution in [0.4, 0.5) is 0 Å². The van der Waals surface area contributed by atoms with E-state index in [0.717, 1.165) is 12.8 Å². The molecule has 0 N–H and O–H groups in total. The highest BCUT2D eigenvalue weighted by Gasteiger charge is 2.43. The monoisotopic (exact) mass is 154 g/mol. The van der Waals surface area contributed by atoms with Crippen LogP contribution >= 0.6 is 0 Å². The van der Waals surface area contributed by atoms with Gasteiger partial charge in [-0.05, 0) is 25.8 Å². The van der Waals surface area contributed by atoms with Gasteiger partial charge in [-0.2, -0.15) is 0 Å². The minimum Gasteiger partial charge on any atom is -0.341 e. The predicted octanol–water partition coefficient (Wildman–Crippen LogP) is 1.86. The van der Waals surface area contributed by atoms with E-state index >= 15 is 0 Å². The van der Waals surface area contributed by atoms with Crippen LogP contribution in [-0.4, -0.2) is 18.0 Å². The third-order valence-corrected chi connectivity index (χ3v) is 2.38. The highest BCUT2D eigenvalue weighted by atomic mass is 16.8. The summed E-state index contributed by atoms with van der Waals surface area (Å²) in [4.78, 5) is 0. The average molecular weight is 154 g/mol. The second kappa shape index (κ2) is 2.32. The normalized spacial score (nSPS) is 48.2. The molecule has 1 fully saturated rings. The fraction of sp³-hybridized carbons (Fsp3) is 0.778. The summed E-state index contributed by atoms with van der Waals surface area (Å²) >= 11 is 0. The molecule has 2 bridgehead atoms. The van der Waals surface area contributed by atoms with Gasteiger partial charge in [0.15, 0.2) is 5.79 Å². The second-order valence-electron chi connectivity index (χ2n) is 3.37. The maximum atomic E-state index is 5.71. The van der Waals surface area contributed by atoms with Gasteiger partial charge in [-0.15, -0.1) is 0 Å². The van der Waals surface area contributed by atoms with Gasteiger partial charge >= 0.3 is 0 Å². The molecule has 0 aromatic rings. The third kappa shape index (κ3) is 1.10. The summed E-state index contributed by atoms with van der Waals surface area (Å²) < 4.78 is 11.4. The number of hydrogen-bond acceptors (Lipinski definition) is 2. The quantitative estimate of drug-likeness (QED) is 0.537. The molecule has 0 aromatic carbocycles. The largest absolute Gasteiger partial charge is 0.341 e. The first kappa shape index (κ1) is 7.32. The molecule has 62 valence electrons. The number of hydrogen-bond donors (Lipinski definition) is 0. The van der Waals surface area contributed by atoms with Crippen LogP contribution in [0.2, 0.25) is 0 Å². The Bertz CT molecular complexity index is 188. The Balaban J connectivity index is 2.18. The van der Waals surface area contributed by atoms with Gasteiger partial charge in [-0.1, -0.05) is 13.0 Å². The van der Waals surface area contributed by atoms with Crippen molar-refractivity contribution in [1.29, 1.82) is 0 Å². The maximum Gasteiger partial charge on any atom is 0.185 e. The van der Waals surface area contributed by atoms with E-state index in [0.29, 0.717) is 12.2 Å². The molecule has 0 aromatic heterocycles. The van der Waals surface area contributed by atoms with Gasteiger partial charge in [-0.25, -0.2) is 0 Å². The van der Waals surface area contributed by atoms with Crippen LogP contribution < -0.4 is 0 Å². The first-order chi connectivity index (χ1) is 5.23. The zero-order valence-corrected chi connectivity index (χ0v) is 7.04. The van der Waals surface area contributed by atoms with Gasteiger partial charge in [-0.3, -0.25) is 0 Å². The number of rotatable bonds is 1. The number of ether oxygens (including phenoxy) is 2. The van der Waals surface area contributed by atoms with Gasteiger partial charge in [0.25, 0.3) is 0 Å². The van der Waals surface area contributed by atoms with E-state index in [1.54, 1.807) is 0 Å². The van der Waals surface area contributed by atoms with Crippen molar-refractivity contribution in [1.82, 2.24) is 0 Å². The summed E-state index contributed by atoms with van der Waals surface area (Å²) in [7, 11) is 0. The molecule has 2 heterocycles. The highest BCUT2D eigenvalue weighted by Crippen LogP contribution is 2.36. The van der Waals surface area contributed by atoms with Gasteiger partial charge in [0.1, 0.15) is 0 Å². The van der Waals surface area contributed by atoms with E-state index in [1.807, 2.05) is 13.0 Å². The summed E-state index contributed by atoms with van der Waals surface area (Å²) in [6, 6.07) is 0. The topological polar surface area (TPSA) is 18.5 Å². The minimum absolute atomic E-state index is 0.301. The second-order valence-corrected chi connectivity index (χ2v) is 3.37. The fourth-order valence-electron chi connectivity index (χ4n) is 1.82. The van der Waals surface area contributed by atoms with E-state index in [-0.39, 0.29) is 0 Å². The first-order valence-electron chi connectivity index (χ1n) is 4.27. The zero-order chi connectivity index (χ0) is 7.90. The van der Waals surface area contributed by atoms with Gasteiger partial charge in [0, 0.05) is 0 Å². The molecule has 2 heteroatoms. The van der Waals surface area contributed by atoms with Crippen LogP contribution in [-0.2, 0) is 9.47 Å². The standard InChI is InChI=1S/C9H14O2/c1-3-7-8-5-4-6-9(2,10-7)11-8/h4,6-8H,3,5H2,1-2H3. The smallest absolute Gasteiger partial charge is 0.185 e. The Labute approximate surface area is 67.2 Å². The molecule has 2 nitrogen and oxygen atoms in total. The minimum atomic E-state index is -0.413. The summed E-state index contributed by atoms with van der Waals surface area (Å²) in [5.74, 6) is -0.413. The fourth-order valence-corrected chi connectivity index (χ4v) is 1.82. The highest BCUT2D eigenvalue weighted by molar-refractivity contribution is 5.05. The Kier molecular flexibility index (Phi) is 1.55. The molecule has 2 aliphatic heterocycles. The summed E-state index contributed by atoms with van der Waals surface area (Å²) in [6.45, 7) is 4.11. The van der Waals surface area contributed by atoms with E-state index in [1.165, 1.54) is 0 Å². The lowest BCUT2D eigenvalue weighted by molar-refractivity contribution is -0.125. The van der Waals surface area contributed by atoms with Crippen LogP contribution in [0, 0.1) is 0 Å². The first-order valence-corrected chi connectivity index (χ1v) is 4.27. The van der Waals surface area contributed by atoms with E-state index in [4.69, 9.17) is 9.47 Å². The van der Waals surface area contributed by atoms with Gasteiger partial charge in [0.05, 0.1) is 12.2 Å². The van der Waals surface area contributed by atoms with Crippen molar-refractivity contribution in [2.75, 3.05) is 0 Å². The Morgan fingerprint density at radius 1 is 1.55 bits per heavy atom. The van der Waals surface area contributed by atoms with Crippen molar-refractivity contribution in [2.45, 2.75) is 44.7 Å². The molecule has 3 atom stereocenters. The lowest BCUT2D eigenvalue weighted by Gasteiger charge is -2.21. The molecule has 3 unspecified atom stereocenters. The van der Waals surface area contributed by atoms with Gasteiger partial charge < -0.3 is 9.47 Å². The van der Waals surface area contributed by atoms with Crippen molar-refractivity contribution < 1.29 is 9.47 Å². The van der Waals surface area contributed by atoms with E-state index < -0.39 is 5.79 Å². The van der Waals surface area contributed by atoms with Crippen molar-refractivity contribution in [3.8, 4) is 0 Å². The molecule has 2 rings (SSSR count). The van der Waals surface area contributed by atoms with Crippen LogP contribution in [0.1, 0.15) is 26.7 Å². The Hall–Kier alpha value is -0.340. The summed E-state index contributed by atoms with van der Waals surface area (Å²) in [5, 5.41) is 0. The molecule has 1 saturated heterocycles. The molecule has 0 aliphatic carbocycles. The summed E-state index contributed by atoms with van der Waals surface area (Å²) in [6.07, 6.45) is 6.82. The Morgan fingerprint density at radius 3 is 3.00 bits per heavy atom. The van der Waals surface area contributed by atoms with Crippen LogP contribution in [0.3, 0.4) is 0 Å². The van der Waals surface area contributed by atoms with Crippen molar-refractivity contribution in [3.05, 3.63) is 12.2 Å². The Morgan fingerprint density at radius 2 is 2.36 bits per heavy atom. The van der Waals surface area contributed by atoms with Crippen molar-refractivity contribution >= 4 is 0 Å². The SMILES string of the molecule is CCC1OC2(C)C=CCC1O2. The van der Waals surface area contributed by atoms with Crippen LogP contribution in [0.15, 0.2) is 12.2 Å². The summed E-state index contributed by atoms with van der Waals surface area (Å²) in [5.41, 5.74) is 0. The lowest BCUT2D eigenvalue weighted by Crippen LogP contribution is -2.26. The van der Waals surface area contributed by atoms with E-state index in [9.17, 15) is 0 Å². The number of fused-ring (bicyclic) bond motifs is 2. The molecule has 11 heavy (non-hydrogen) atoms. The molecular weight excluding hydrogens is 140 g/mol. The molecule has 0 saturated carbocycles. The molecule has 2 aliphatic rings. The molecule has 0 amide bonds. The van der Waals surface area contributed by atoms with Crippen LogP contribution in [0.25, 0.3) is 0 Å². The van der Waals surface area contributed by atoms with E-state index in [2.05, 4.69) is 13.0 Å². The third-order valence-electron chi connectivity index (χ3n) is 2.38. The van der Waals surface area contributed by atoms with Gasteiger partial charge in [0.2, 0.25) is 0 Å². The van der Waals surface area contributed by atoms with Crippen molar-refractivity contribution in [3.63, 3.8) is 0 Å². The molecular formula is C9H14O2.